The van der Waals surface area contributed by atoms with Gasteiger partial charge in [-0.3, -0.25) is 4.79 Å². The van der Waals surface area contributed by atoms with E-state index < -0.39 is 46.3 Å². The van der Waals surface area contributed by atoms with Gasteiger partial charge in [0, 0.05) is 7.11 Å². The van der Waals surface area contributed by atoms with Gasteiger partial charge in [-0.1, -0.05) is 0 Å². The van der Waals surface area contributed by atoms with Gasteiger partial charge in [-0.15, -0.1) is 4.73 Å². The minimum Gasteiger partial charge on any atom is -0.616 e. The Kier molecular flexibility index (Phi) is 8.10. The topological polar surface area (TPSA) is 121 Å². The van der Waals surface area contributed by atoms with E-state index in [-0.39, 0.29) is 29.5 Å². The predicted molar refractivity (Wildman–Crippen MR) is 94.8 cm³/mol. The Labute approximate surface area is 172 Å². The molecule has 0 atom stereocenters. The summed E-state index contributed by atoms with van der Waals surface area (Å²) in [5, 5.41) is 22.8. The number of carbonyl (C=O) groups excluding carboxylic acids is 1. The third-order valence-electron chi connectivity index (χ3n) is 3.75. The number of pyridine rings is 1. The number of anilines is 1. The molecule has 9 nitrogen and oxygen atoms in total. The summed E-state index contributed by atoms with van der Waals surface area (Å²) in [5.41, 5.74) is -3.56. The molecular weight excluding hydrogens is 432 g/mol. The van der Waals surface area contributed by atoms with E-state index in [1.54, 1.807) is 0 Å². The normalized spacial score (nSPS) is 10.7. The number of carbonyl (C=O) groups is 2. The van der Waals surface area contributed by atoms with Crippen molar-refractivity contribution >= 4 is 17.6 Å². The van der Waals surface area contributed by atoms with Crippen molar-refractivity contribution < 1.29 is 51.2 Å². The average Bonchev–Trinajstić information content (AvgIpc) is 2.72. The van der Waals surface area contributed by atoms with Crippen LogP contribution in [0.25, 0.3) is 0 Å². The van der Waals surface area contributed by atoms with E-state index in [9.17, 15) is 32.4 Å². The molecule has 0 fully saturated rings. The quantitative estimate of drug-likeness (QED) is 0.142. The highest BCUT2D eigenvalue weighted by Gasteiger charge is 2.33. The molecule has 0 saturated carbocycles. The maximum absolute atomic E-state index is 14.0. The van der Waals surface area contributed by atoms with Crippen LogP contribution in [-0.2, 0) is 9.47 Å². The molecule has 2 rings (SSSR count). The highest BCUT2D eigenvalue weighted by atomic mass is 19.2. The predicted octanol–water partition coefficient (Wildman–Crippen LogP) is 1.87. The largest absolute Gasteiger partial charge is 0.616 e. The van der Waals surface area contributed by atoms with Gasteiger partial charge in [0.2, 0.25) is 6.20 Å². The third kappa shape index (κ3) is 5.58. The molecular formula is C18H16F4N2O7. The molecule has 168 valence electrons. The summed E-state index contributed by atoms with van der Waals surface area (Å²) in [6.45, 7) is 0.865. The molecule has 0 saturated heterocycles. The first kappa shape index (κ1) is 23.8. The molecule has 0 aliphatic rings. The van der Waals surface area contributed by atoms with Crippen LogP contribution in [0.1, 0.15) is 20.7 Å². The number of carboxylic acid groups (broad SMARTS) is 1. The monoisotopic (exact) mass is 448 g/mol. The van der Waals surface area contributed by atoms with E-state index in [4.69, 9.17) is 19.3 Å². The van der Waals surface area contributed by atoms with Gasteiger partial charge in [0.25, 0.3) is 5.91 Å². The highest BCUT2D eigenvalue weighted by Crippen LogP contribution is 2.25. The zero-order chi connectivity index (χ0) is 23.1. The van der Waals surface area contributed by atoms with Crippen molar-refractivity contribution in [1.82, 2.24) is 0 Å². The molecule has 2 aromatic rings. The summed E-state index contributed by atoms with van der Waals surface area (Å²) in [4.78, 5) is 23.4. The Morgan fingerprint density at radius 1 is 1.00 bits per heavy atom. The molecule has 13 heteroatoms. The van der Waals surface area contributed by atoms with Gasteiger partial charge in [0.05, 0.1) is 31.5 Å². The summed E-state index contributed by atoms with van der Waals surface area (Å²) in [7, 11) is 1.50. The lowest BCUT2D eigenvalue weighted by molar-refractivity contribution is -0.612. The first-order valence-electron chi connectivity index (χ1n) is 8.52. The number of methoxy groups -OCH3 is 1. The third-order valence-corrected chi connectivity index (χ3v) is 3.75. The fourth-order valence-corrected chi connectivity index (χ4v) is 2.34. The molecule has 0 aliphatic heterocycles. The van der Waals surface area contributed by atoms with Gasteiger partial charge in [-0.2, -0.15) is 0 Å². The lowest BCUT2D eigenvalue weighted by atomic mass is 10.0. The Hall–Kier alpha value is -3.45. The molecule has 1 heterocycles. The van der Waals surface area contributed by atoms with E-state index in [1.165, 1.54) is 7.11 Å². The molecule has 0 unspecified atom stereocenters. The van der Waals surface area contributed by atoms with Gasteiger partial charge in [-0.05, 0) is 6.07 Å². The van der Waals surface area contributed by atoms with Crippen LogP contribution >= 0.6 is 0 Å². The molecule has 0 radical (unpaired) electrons. The fourth-order valence-electron chi connectivity index (χ4n) is 2.34. The van der Waals surface area contributed by atoms with E-state index in [2.05, 4.69) is 0 Å². The molecule has 31 heavy (non-hydrogen) atoms. The average molecular weight is 448 g/mol. The fraction of sp³-hybridized carbons (Fsp3) is 0.278. The summed E-state index contributed by atoms with van der Waals surface area (Å²) in [6, 6.07) is 2.25. The molecule has 0 aliphatic carbocycles. The summed E-state index contributed by atoms with van der Waals surface area (Å²) >= 11 is 0. The lowest BCUT2D eigenvalue weighted by Gasteiger charge is -2.12. The first-order valence-corrected chi connectivity index (χ1v) is 8.52. The number of aromatic nitrogens is 1. The second-order valence-electron chi connectivity index (χ2n) is 5.80. The number of hydrogen-bond acceptors (Lipinski definition) is 6. The van der Waals surface area contributed by atoms with Crippen molar-refractivity contribution in [2.24, 2.45) is 0 Å². The number of rotatable bonds is 10. The molecule has 1 aromatic heterocycles. The van der Waals surface area contributed by atoms with E-state index >= 15 is 0 Å². The zero-order valence-electron chi connectivity index (χ0n) is 15.9. The van der Waals surface area contributed by atoms with Crippen LogP contribution in [0, 0.1) is 28.5 Å². The van der Waals surface area contributed by atoms with Crippen molar-refractivity contribution in [3.63, 3.8) is 0 Å². The van der Waals surface area contributed by atoms with Crippen molar-refractivity contribution in [3.05, 3.63) is 57.9 Å². The second-order valence-corrected chi connectivity index (χ2v) is 5.80. The van der Waals surface area contributed by atoms with Crippen molar-refractivity contribution in [2.75, 3.05) is 38.9 Å². The number of halogens is 4. The number of nitrogens with zero attached hydrogens (tertiary/aromatic N) is 1. The maximum atomic E-state index is 14.0. The van der Waals surface area contributed by atoms with Crippen LogP contribution in [0.15, 0.2) is 18.3 Å². The zero-order valence-corrected chi connectivity index (χ0v) is 15.9. The van der Waals surface area contributed by atoms with Crippen LogP contribution in [0.2, 0.25) is 0 Å². The number of nitrogens with one attached hydrogen (secondary N) is 1. The van der Waals surface area contributed by atoms with Crippen LogP contribution in [0.5, 0.6) is 5.88 Å². The van der Waals surface area contributed by atoms with Crippen LogP contribution < -0.4 is 14.8 Å². The number of aromatic carboxylic acids is 1. The first-order chi connectivity index (χ1) is 14.7. The van der Waals surface area contributed by atoms with Gasteiger partial charge in [-0.25, -0.2) is 22.4 Å². The molecule has 1 aromatic carbocycles. The summed E-state index contributed by atoms with van der Waals surface area (Å²) < 4.78 is 69.8. The Morgan fingerprint density at radius 2 is 1.61 bits per heavy atom. The Bertz CT molecular complexity index is 988. The summed E-state index contributed by atoms with van der Waals surface area (Å²) in [5.74, 6) is -13.2. The second kappa shape index (κ2) is 10.5. The maximum Gasteiger partial charge on any atom is 0.379 e. The number of carboxylic acids is 1. The van der Waals surface area contributed by atoms with Gasteiger partial charge in [0.1, 0.15) is 17.9 Å². The number of amides is 1. The van der Waals surface area contributed by atoms with E-state index in [0.29, 0.717) is 13.2 Å². The van der Waals surface area contributed by atoms with Crippen LogP contribution in [-0.4, -0.2) is 50.5 Å². The highest BCUT2D eigenvalue weighted by molar-refractivity contribution is 6.11. The van der Waals surface area contributed by atoms with Gasteiger partial charge < -0.3 is 29.8 Å². The Balaban J connectivity index is 2.16. The smallest absolute Gasteiger partial charge is 0.379 e. The van der Waals surface area contributed by atoms with Gasteiger partial charge >= 0.3 is 11.8 Å². The molecule has 0 bridgehead atoms. The minimum absolute atomic E-state index is 0.0129. The lowest BCUT2D eigenvalue weighted by Crippen LogP contribution is -2.31. The van der Waals surface area contributed by atoms with E-state index in [1.807, 2.05) is 5.32 Å². The van der Waals surface area contributed by atoms with Crippen molar-refractivity contribution in [1.29, 1.82) is 0 Å². The SMILES string of the molecule is COCCOCCOc1ccc(NC(=O)c2c(F)c(F)c(F)c(F)c2C(=O)O)c[n+]1[O-]. The Morgan fingerprint density at radius 3 is 2.19 bits per heavy atom. The number of hydrogen-bond donors (Lipinski definition) is 2. The number of benzene rings is 1. The molecule has 1 amide bonds. The van der Waals surface area contributed by atoms with Crippen molar-refractivity contribution in [2.45, 2.75) is 0 Å². The minimum atomic E-state index is -2.38. The molecule has 0 spiro atoms. The van der Waals surface area contributed by atoms with Crippen LogP contribution in [0.4, 0.5) is 23.2 Å². The van der Waals surface area contributed by atoms with Gasteiger partial charge in [0.15, 0.2) is 23.3 Å². The number of ether oxygens (including phenoxy) is 3. The standard InChI is InChI=1S/C18H16F4N2O7/c1-29-4-5-30-6-7-31-10-3-2-9(8-24(10)28)23-17(25)11-12(18(26)27)14(20)16(22)15(21)13(11)19/h2-3,8H,4-7H2,1H3,(H,23,25)(H,26,27). The molecule has 2 N–H and O–H groups in total. The van der Waals surface area contributed by atoms with Crippen LogP contribution in [0.3, 0.4) is 0 Å². The van der Waals surface area contributed by atoms with E-state index in [0.717, 1.165) is 18.3 Å². The summed E-state index contributed by atoms with van der Waals surface area (Å²) in [6.07, 6.45) is 0.771. The van der Waals surface area contributed by atoms with Crippen molar-refractivity contribution in [3.8, 4) is 5.88 Å².